The molecule has 24 heavy (non-hydrogen) atoms. The van der Waals surface area contributed by atoms with E-state index in [1.165, 1.54) is 12.1 Å². The summed E-state index contributed by atoms with van der Waals surface area (Å²) >= 11 is 0. The highest BCUT2D eigenvalue weighted by Crippen LogP contribution is 2.19. The minimum absolute atomic E-state index is 0.0605. The van der Waals surface area contributed by atoms with Crippen LogP contribution in [0.2, 0.25) is 0 Å². The monoisotopic (exact) mass is 327 g/mol. The van der Waals surface area contributed by atoms with Gasteiger partial charge in [-0.05, 0) is 42.3 Å². The number of carbonyl (C=O) groups excluding carboxylic acids is 1. The summed E-state index contributed by atoms with van der Waals surface area (Å²) in [6.07, 6.45) is 0.884. The zero-order valence-electron chi connectivity index (χ0n) is 13.8. The van der Waals surface area contributed by atoms with Crippen LogP contribution in [0.4, 0.5) is 20.6 Å². The Morgan fingerprint density at radius 1 is 1.04 bits per heavy atom. The molecule has 0 spiro atoms. The van der Waals surface area contributed by atoms with Crippen LogP contribution in [0.5, 0.6) is 0 Å². The van der Waals surface area contributed by atoms with E-state index in [1.54, 1.807) is 12.1 Å². The van der Waals surface area contributed by atoms with Crippen molar-refractivity contribution < 1.29 is 9.18 Å². The average molecular weight is 327 g/mol. The van der Waals surface area contributed by atoms with Crippen molar-refractivity contribution in [2.45, 2.75) is 13.3 Å². The van der Waals surface area contributed by atoms with E-state index in [4.69, 9.17) is 0 Å². The number of aryl methyl sites for hydroxylation is 1. The van der Waals surface area contributed by atoms with Gasteiger partial charge in [0.15, 0.2) is 0 Å². The van der Waals surface area contributed by atoms with Crippen molar-refractivity contribution in [2.75, 3.05) is 36.4 Å². The second-order valence-electron chi connectivity index (χ2n) is 5.89. The highest BCUT2D eigenvalue weighted by Gasteiger charge is 2.21. The first-order valence-corrected chi connectivity index (χ1v) is 8.31. The summed E-state index contributed by atoms with van der Waals surface area (Å²) in [7, 11) is 0. The van der Waals surface area contributed by atoms with Gasteiger partial charge in [-0.3, -0.25) is 0 Å². The molecule has 0 bridgehead atoms. The minimum atomic E-state index is -0.230. The number of benzene rings is 2. The topological polar surface area (TPSA) is 35.6 Å². The van der Waals surface area contributed by atoms with Gasteiger partial charge in [0, 0.05) is 37.6 Å². The Morgan fingerprint density at radius 3 is 2.38 bits per heavy atom. The van der Waals surface area contributed by atoms with Crippen molar-refractivity contribution in [3.05, 3.63) is 59.9 Å². The Bertz CT molecular complexity index is 694. The van der Waals surface area contributed by atoms with Gasteiger partial charge in [-0.1, -0.05) is 25.1 Å². The molecule has 1 saturated heterocycles. The number of anilines is 2. The second-order valence-corrected chi connectivity index (χ2v) is 5.89. The van der Waals surface area contributed by atoms with Crippen LogP contribution in [-0.4, -0.2) is 37.1 Å². The summed E-state index contributed by atoms with van der Waals surface area (Å²) in [5, 5.41) is 3.01. The molecule has 1 N–H and O–H groups in total. The van der Waals surface area contributed by atoms with Crippen LogP contribution in [0.1, 0.15) is 12.5 Å². The zero-order valence-corrected chi connectivity index (χ0v) is 13.8. The summed E-state index contributed by atoms with van der Waals surface area (Å²) < 4.78 is 13.0. The number of hydrogen-bond donors (Lipinski definition) is 1. The van der Waals surface area contributed by atoms with Crippen molar-refractivity contribution in [3.63, 3.8) is 0 Å². The molecule has 5 heteroatoms. The highest BCUT2D eigenvalue weighted by molar-refractivity contribution is 5.90. The summed E-state index contributed by atoms with van der Waals surface area (Å²) in [6.45, 7) is 4.87. The van der Waals surface area contributed by atoms with E-state index in [2.05, 4.69) is 17.1 Å². The molecule has 2 amide bonds. The van der Waals surface area contributed by atoms with Crippen LogP contribution >= 0.6 is 0 Å². The summed E-state index contributed by atoms with van der Waals surface area (Å²) in [5.74, 6) is -0.230. The first kappa shape index (κ1) is 16.3. The molecule has 1 aliphatic rings. The van der Waals surface area contributed by atoms with Gasteiger partial charge in [-0.25, -0.2) is 9.18 Å². The fourth-order valence-corrected chi connectivity index (χ4v) is 2.96. The maximum atomic E-state index is 13.0. The van der Waals surface area contributed by atoms with E-state index in [1.807, 2.05) is 29.2 Å². The number of piperazine rings is 1. The number of urea groups is 1. The largest absolute Gasteiger partial charge is 0.368 e. The molecule has 0 radical (unpaired) electrons. The van der Waals surface area contributed by atoms with E-state index in [0.717, 1.165) is 36.4 Å². The highest BCUT2D eigenvalue weighted by atomic mass is 19.1. The predicted octanol–water partition coefficient (Wildman–Crippen LogP) is 3.74. The minimum Gasteiger partial charge on any atom is -0.368 e. The number of carbonyl (C=O) groups is 1. The summed E-state index contributed by atoms with van der Waals surface area (Å²) in [4.78, 5) is 16.5. The van der Waals surface area contributed by atoms with E-state index < -0.39 is 0 Å². The molecule has 0 aromatic heterocycles. The Kier molecular flexibility index (Phi) is 4.99. The third-order valence-electron chi connectivity index (χ3n) is 4.40. The SMILES string of the molecule is CCc1ccccc1NC(=O)N1CCN(c2ccc(F)cc2)CC1. The first-order chi connectivity index (χ1) is 11.7. The quantitative estimate of drug-likeness (QED) is 0.932. The molecule has 0 unspecified atom stereocenters. The van der Waals surface area contributed by atoms with Crippen molar-refractivity contribution in [3.8, 4) is 0 Å². The van der Waals surface area contributed by atoms with Gasteiger partial charge >= 0.3 is 6.03 Å². The lowest BCUT2D eigenvalue weighted by Gasteiger charge is -2.36. The maximum Gasteiger partial charge on any atom is 0.321 e. The summed E-state index contributed by atoms with van der Waals surface area (Å²) in [5.41, 5.74) is 3.01. The molecule has 1 aliphatic heterocycles. The third-order valence-corrected chi connectivity index (χ3v) is 4.40. The van der Waals surface area contributed by atoms with E-state index >= 15 is 0 Å². The normalized spacial score (nSPS) is 14.6. The van der Waals surface area contributed by atoms with Crippen molar-refractivity contribution in [1.82, 2.24) is 4.90 Å². The van der Waals surface area contributed by atoms with E-state index in [9.17, 15) is 9.18 Å². The molecule has 2 aromatic carbocycles. The van der Waals surface area contributed by atoms with Gasteiger partial charge in [0.1, 0.15) is 5.82 Å². The van der Waals surface area contributed by atoms with Crippen LogP contribution in [0.3, 0.4) is 0 Å². The zero-order chi connectivity index (χ0) is 16.9. The van der Waals surface area contributed by atoms with Crippen LogP contribution in [-0.2, 0) is 6.42 Å². The van der Waals surface area contributed by atoms with Crippen LogP contribution < -0.4 is 10.2 Å². The molecule has 0 atom stereocenters. The molecule has 2 aromatic rings. The number of hydrogen-bond acceptors (Lipinski definition) is 2. The summed E-state index contributed by atoms with van der Waals surface area (Å²) in [6, 6.07) is 14.3. The van der Waals surface area contributed by atoms with Crippen molar-refractivity contribution in [1.29, 1.82) is 0 Å². The lowest BCUT2D eigenvalue weighted by Crippen LogP contribution is -2.50. The Balaban J connectivity index is 1.58. The Labute approximate surface area is 141 Å². The molecule has 3 rings (SSSR count). The van der Waals surface area contributed by atoms with Crippen LogP contribution in [0.25, 0.3) is 0 Å². The third kappa shape index (κ3) is 3.67. The number of nitrogens with zero attached hydrogens (tertiary/aromatic N) is 2. The standard InChI is InChI=1S/C19H22FN3O/c1-2-15-5-3-4-6-18(15)21-19(24)23-13-11-22(12-14-23)17-9-7-16(20)8-10-17/h3-10H,2,11-14H2,1H3,(H,21,24). The molecular formula is C19H22FN3O. The smallest absolute Gasteiger partial charge is 0.321 e. The Morgan fingerprint density at radius 2 is 1.71 bits per heavy atom. The average Bonchev–Trinajstić information content (AvgIpc) is 2.63. The molecule has 1 heterocycles. The fraction of sp³-hybridized carbons (Fsp3) is 0.316. The molecule has 0 saturated carbocycles. The van der Waals surface area contributed by atoms with Crippen molar-refractivity contribution in [2.24, 2.45) is 0 Å². The van der Waals surface area contributed by atoms with E-state index in [0.29, 0.717) is 13.1 Å². The lowest BCUT2D eigenvalue weighted by atomic mass is 10.1. The fourth-order valence-electron chi connectivity index (χ4n) is 2.96. The molecule has 4 nitrogen and oxygen atoms in total. The number of amides is 2. The van der Waals surface area contributed by atoms with Crippen LogP contribution in [0, 0.1) is 5.82 Å². The van der Waals surface area contributed by atoms with E-state index in [-0.39, 0.29) is 11.8 Å². The molecule has 126 valence electrons. The second kappa shape index (κ2) is 7.34. The maximum absolute atomic E-state index is 13.0. The van der Waals surface area contributed by atoms with Gasteiger partial charge in [0.25, 0.3) is 0 Å². The Hall–Kier alpha value is -2.56. The number of para-hydroxylation sites is 1. The predicted molar refractivity (Wildman–Crippen MR) is 95.0 cm³/mol. The van der Waals surface area contributed by atoms with Gasteiger partial charge in [0.05, 0.1) is 0 Å². The molecule has 0 aliphatic carbocycles. The van der Waals surface area contributed by atoms with Gasteiger partial charge in [0.2, 0.25) is 0 Å². The molecule has 1 fully saturated rings. The van der Waals surface area contributed by atoms with Gasteiger partial charge in [-0.15, -0.1) is 0 Å². The lowest BCUT2D eigenvalue weighted by molar-refractivity contribution is 0.208. The van der Waals surface area contributed by atoms with Gasteiger partial charge in [-0.2, -0.15) is 0 Å². The number of nitrogens with one attached hydrogen (secondary N) is 1. The van der Waals surface area contributed by atoms with Crippen molar-refractivity contribution >= 4 is 17.4 Å². The first-order valence-electron chi connectivity index (χ1n) is 8.31. The number of rotatable bonds is 3. The molecular weight excluding hydrogens is 305 g/mol. The van der Waals surface area contributed by atoms with Gasteiger partial charge < -0.3 is 15.1 Å². The number of halogens is 1. The van der Waals surface area contributed by atoms with Crippen LogP contribution in [0.15, 0.2) is 48.5 Å².